The van der Waals surface area contributed by atoms with E-state index < -0.39 is 0 Å². The maximum atomic E-state index is 10.3. The Labute approximate surface area is 92.4 Å². The summed E-state index contributed by atoms with van der Waals surface area (Å²) in [5.74, 6) is 0. The van der Waals surface area contributed by atoms with Crippen molar-refractivity contribution < 1.29 is 9.84 Å². The van der Waals surface area contributed by atoms with Gasteiger partial charge in [0, 0.05) is 26.7 Å². The van der Waals surface area contributed by atoms with Gasteiger partial charge < -0.3 is 14.7 Å². The molecule has 1 aliphatic heterocycles. The summed E-state index contributed by atoms with van der Waals surface area (Å²) in [7, 11) is 1.80. The summed E-state index contributed by atoms with van der Waals surface area (Å²) in [6.45, 7) is 3.05. The smallest absolute Gasteiger partial charge is 0.0774 e. The van der Waals surface area contributed by atoms with Gasteiger partial charge in [-0.1, -0.05) is 12.8 Å². The first kappa shape index (κ1) is 11.4. The van der Waals surface area contributed by atoms with Crippen LogP contribution in [0, 0.1) is 0 Å². The molecule has 0 spiro atoms. The molecular formula is C12H23NO2. The molecule has 2 aliphatic rings. The van der Waals surface area contributed by atoms with E-state index in [2.05, 4.69) is 4.90 Å². The minimum Gasteiger partial charge on any atom is -0.389 e. The Bertz CT molecular complexity index is 194. The molecular weight excluding hydrogens is 190 g/mol. The predicted molar refractivity (Wildman–Crippen MR) is 59.9 cm³/mol. The Kier molecular flexibility index (Phi) is 3.65. The average molecular weight is 213 g/mol. The van der Waals surface area contributed by atoms with Gasteiger partial charge in [-0.2, -0.15) is 0 Å². The van der Waals surface area contributed by atoms with E-state index in [4.69, 9.17) is 4.74 Å². The number of hydrogen-bond donors (Lipinski definition) is 1. The highest BCUT2D eigenvalue weighted by Crippen LogP contribution is 2.30. The van der Waals surface area contributed by atoms with Crippen LogP contribution in [0.1, 0.15) is 38.5 Å². The molecule has 0 aromatic rings. The van der Waals surface area contributed by atoms with E-state index in [0.29, 0.717) is 6.10 Å². The Morgan fingerprint density at radius 3 is 2.40 bits per heavy atom. The van der Waals surface area contributed by atoms with Gasteiger partial charge in [0.15, 0.2) is 0 Å². The standard InChI is InChI=1S/C12H23NO2/c1-15-11-4-8-13(9-5-11)10-12(14)6-2-3-7-12/h11,14H,2-10H2,1H3. The van der Waals surface area contributed by atoms with E-state index in [9.17, 15) is 5.11 Å². The maximum absolute atomic E-state index is 10.3. The highest BCUT2D eigenvalue weighted by atomic mass is 16.5. The number of piperidine rings is 1. The molecule has 3 nitrogen and oxygen atoms in total. The van der Waals surface area contributed by atoms with Gasteiger partial charge in [-0.05, 0) is 25.7 Å². The molecule has 3 heteroatoms. The molecule has 0 aromatic heterocycles. The predicted octanol–water partition coefficient (Wildman–Crippen LogP) is 1.40. The third kappa shape index (κ3) is 2.92. The van der Waals surface area contributed by atoms with Crippen LogP contribution in [0.3, 0.4) is 0 Å². The van der Waals surface area contributed by atoms with Crippen molar-refractivity contribution in [3.05, 3.63) is 0 Å². The zero-order chi connectivity index (χ0) is 10.7. The van der Waals surface area contributed by atoms with E-state index in [1.54, 1.807) is 7.11 Å². The lowest BCUT2D eigenvalue weighted by Gasteiger charge is -2.36. The highest BCUT2D eigenvalue weighted by molar-refractivity contribution is 4.88. The summed E-state index contributed by atoms with van der Waals surface area (Å²) >= 11 is 0. The largest absolute Gasteiger partial charge is 0.389 e. The van der Waals surface area contributed by atoms with Crippen LogP contribution in [0.15, 0.2) is 0 Å². The second kappa shape index (κ2) is 4.81. The van der Waals surface area contributed by atoms with Gasteiger partial charge in [-0.3, -0.25) is 0 Å². The molecule has 2 fully saturated rings. The van der Waals surface area contributed by atoms with Crippen LogP contribution in [0.5, 0.6) is 0 Å². The lowest BCUT2D eigenvalue weighted by Crippen LogP contribution is -2.45. The number of hydrogen-bond acceptors (Lipinski definition) is 3. The molecule has 0 atom stereocenters. The van der Waals surface area contributed by atoms with Crippen molar-refractivity contribution in [2.24, 2.45) is 0 Å². The molecule has 0 amide bonds. The molecule has 1 N–H and O–H groups in total. The van der Waals surface area contributed by atoms with E-state index in [-0.39, 0.29) is 5.60 Å². The molecule has 1 aliphatic carbocycles. The van der Waals surface area contributed by atoms with E-state index in [1.165, 1.54) is 12.8 Å². The molecule has 88 valence electrons. The fraction of sp³-hybridized carbons (Fsp3) is 1.00. The fourth-order valence-electron chi connectivity index (χ4n) is 2.91. The third-order valence-electron chi connectivity index (χ3n) is 3.92. The first-order chi connectivity index (χ1) is 7.22. The third-order valence-corrected chi connectivity index (χ3v) is 3.92. The molecule has 0 aromatic carbocycles. The van der Waals surface area contributed by atoms with Crippen molar-refractivity contribution >= 4 is 0 Å². The molecule has 15 heavy (non-hydrogen) atoms. The van der Waals surface area contributed by atoms with Gasteiger partial charge in [-0.15, -0.1) is 0 Å². The van der Waals surface area contributed by atoms with Gasteiger partial charge in [0.25, 0.3) is 0 Å². The summed E-state index contributed by atoms with van der Waals surface area (Å²) in [6, 6.07) is 0. The van der Waals surface area contributed by atoms with Gasteiger partial charge in [0.05, 0.1) is 11.7 Å². The van der Waals surface area contributed by atoms with Crippen LogP contribution >= 0.6 is 0 Å². The second-order valence-electron chi connectivity index (χ2n) is 5.14. The molecule has 0 bridgehead atoms. The van der Waals surface area contributed by atoms with Crippen molar-refractivity contribution in [2.45, 2.75) is 50.2 Å². The van der Waals surface area contributed by atoms with Gasteiger partial charge >= 0.3 is 0 Å². The van der Waals surface area contributed by atoms with Gasteiger partial charge in [-0.25, -0.2) is 0 Å². The van der Waals surface area contributed by atoms with Gasteiger partial charge in [0.1, 0.15) is 0 Å². The van der Waals surface area contributed by atoms with Crippen molar-refractivity contribution in [3.8, 4) is 0 Å². The first-order valence-corrected chi connectivity index (χ1v) is 6.19. The molecule has 1 saturated carbocycles. The molecule has 0 radical (unpaired) electrons. The number of rotatable bonds is 3. The van der Waals surface area contributed by atoms with Crippen molar-refractivity contribution in [1.29, 1.82) is 0 Å². The lowest BCUT2D eigenvalue weighted by atomic mass is 9.99. The number of nitrogens with zero attached hydrogens (tertiary/aromatic N) is 1. The normalized spacial score (nSPS) is 28.4. The van der Waals surface area contributed by atoms with Crippen LogP contribution in [0.4, 0.5) is 0 Å². The van der Waals surface area contributed by atoms with Crippen molar-refractivity contribution in [1.82, 2.24) is 4.90 Å². The van der Waals surface area contributed by atoms with Crippen molar-refractivity contribution in [3.63, 3.8) is 0 Å². The number of methoxy groups -OCH3 is 1. The minimum absolute atomic E-state index is 0.375. The van der Waals surface area contributed by atoms with Crippen LogP contribution < -0.4 is 0 Å². The molecule has 0 unspecified atom stereocenters. The number of likely N-dealkylation sites (tertiary alicyclic amines) is 1. The number of aliphatic hydroxyl groups is 1. The zero-order valence-corrected chi connectivity index (χ0v) is 9.74. The summed E-state index contributed by atoms with van der Waals surface area (Å²) < 4.78 is 5.35. The fourth-order valence-corrected chi connectivity index (χ4v) is 2.91. The lowest BCUT2D eigenvalue weighted by molar-refractivity contribution is -0.0177. The topological polar surface area (TPSA) is 32.7 Å². The van der Waals surface area contributed by atoms with E-state index >= 15 is 0 Å². The molecule has 1 heterocycles. The SMILES string of the molecule is COC1CCN(CC2(O)CCCC2)CC1. The number of ether oxygens (including phenoxy) is 1. The highest BCUT2D eigenvalue weighted by Gasteiger charge is 2.34. The summed E-state index contributed by atoms with van der Waals surface area (Å²) in [6.07, 6.45) is 7.07. The zero-order valence-electron chi connectivity index (χ0n) is 9.74. The minimum atomic E-state index is -0.375. The Hall–Kier alpha value is -0.120. The van der Waals surface area contributed by atoms with E-state index in [1.807, 2.05) is 0 Å². The average Bonchev–Trinajstić information content (AvgIpc) is 2.66. The first-order valence-electron chi connectivity index (χ1n) is 6.19. The number of β-amino-alcohol motifs (C(OH)–C–C–N with tert-alkyl or cyclic N) is 1. The Morgan fingerprint density at radius 2 is 1.87 bits per heavy atom. The molecule has 2 rings (SSSR count). The van der Waals surface area contributed by atoms with Gasteiger partial charge in [0.2, 0.25) is 0 Å². The Morgan fingerprint density at radius 1 is 1.27 bits per heavy atom. The van der Waals surface area contributed by atoms with Crippen molar-refractivity contribution in [2.75, 3.05) is 26.7 Å². The van der Waals surface area contributed by atoms with Crippen LogP contribution in [0.2, 0.25) is 0 Å². The Balaban J connectivity index is 1.76. The quantitative estimate of drug-likeness (QED) is 0.769. The maximum Gasteiger partial charge on any atom is 0.0774 e. The summed E-state index contributed by atoms with van der Waals surface area (Å²) in [5, 5.41) is 10.3. The molecule has 1 saturated heterocycles. The van der Waals surface area contributed by atoms with E-state index in [0.717, 1.165) is 45.3 Å². The van der Waals surface area contributed by atoms with Crippen LogP contribution in [-0.4, -0.2) is 48.5 Å². The second-order valence-corrected chi connectivity index (χ2v) is 5.14. The summed E-state index contributed by atoms with van der Waals surface area (Å²) in [4.78, 5) is 2.40. The van der Waals surface area contributed by atoms with Crippen LogP contribution in [-0.2, 0) is 4.74 Å². The summed E-state index contributed by atoms with van der Waals surface area (Å²) in [5.41, 5.74) is -0.375. The monoisotopic (exact) mass is 213 g/mol. The van der Waals surface area contributed by atoms with Crippen LogP contribution in [0.25, 0.3) is 0 Å².